The number of nitrogens with zero attached hydrogens (tertiary/aromatic N) is 3. The minimum Gasteiger partial charge on any atom is -0.462 e. The Bertz CT molecular complexity index is 1680. The lowest BCUT2D eigenvalue weighted by Crippen LogP contribution is -2.50. The molecule has 1 aliphatic heterocycles. The second-order valence-electron chi connectivity index (χ2n) is 14.8. The highest BCUT2D eigenvalue weighted by atomic mass is 32.2. The van der Waals surface area contributed by atoms with E-state index < -0.39 is 49.6 Å². The van der Waals surface area contributed by atoms with Crippen LogP contribution in [0, 0.1) is 28.0 Å². The first kappa shape index (κ1) is 31.6. The zero-order valence-corrected chi connectivity index (χ0v) is 27.2. The number of aromatic nitrogens is 2. The SMILES string of the molecule is CCOC(=O)c1cn(C(C)(C)C)c2nc(N3C[C@H](NS(=O)(=O)C[C@@]45CC[C@@H](CC4=O)C5(C)C)C(C)(C)C3)c(F)cc2c1=O. The second-order valence-corrected chi connectivity index (χ2v) is 16.5. The van der Waals surface area contributed by atoms with E-state index in [1.54, 1.807) is 16.4 Å². The van der Waals surface area contributed by atoms with Crippen LogP contribution in [0.1, 0.15) is 85.0 Å². The van der Waals surface area contributed by atoms with Gasteiger partial charge in [-0.05, 0) is 57.9 Å². The summed E-state index contributed by atoms with van der Waals surface area (Å²) >= 11 is 0. The van der Waals surface area contributed by atoms with Crippen molar-refractivity contribution < 1.29 is 27.1 Å². The summed E-state index contributed by atoms with van der Waals surface area (Å²) in [6.07, 6.45) is 3.26. The summed E-state index contributed by atoms with van der Waals surface area (Å²) in [6, 6.07) is 0.525. The summed E-state index contributed by atoms with van der Waals surface area (Å²) in [4.78, 5) is 45.1. The van der Waals surface area contributed by atoms with Gasteiger partial charge >= 0.3 is 5.97 Å². The number of Topliss-reactive ketones (excluding diaryl/α,β-unsaturated/α-hetero) is 1. The maximum Gasteiger partial charge on any atom is 0.343 e. The molecule has 3 aliphatic rings. The van der Waals surface area contributed by atoms with Crippen LogP contribution in [-0.2, 0) is 25.1 Å². The Hall–Kier alpha value is -2.86. The molecule has 2 aliphatic carbocycles. The Balaban J connectivity index is 1.48. The molecule has 0 amide bonds. The summed E-state index contributed by atoms with van der Waals surface area (Å²) in [5.74, 6) is -1.56. The molecular weight excluding hydrogens is 575 g/mol. The molecule has 2 aromatic heterocycles. The van der Waals surface area contributed by atoms with E-state index in [4.69, 9.17) is 4.74 Å². The fourth-order valence-corrected chi connectivity index (χ4v) is 9.72. The number of ketones is 1. The van der Waals surface area contributed by atoms with E-state index in [2.05, 4.69) is 9.71 Å². The van der Waals surface area contributed by atoms with Crippen LogP contribution in [0.15, 0.2) is 17.1 Å². The van der Waals surface area contributed by atoms with Gasteiger partial charge < -0.3 is 14.2 Å². The van der Waals surface area contributed by atoms with Gasteiger partial charge in [-0.2, -0.15) is 0 Å². The van der Waals surface area contributed by atoms with Crippen LogP contribution >= 0.6 is 0 Å². The van der Waals surface area contributed by atoms with Gasteiger partial charge in [-0.1, -0.05) is 27.7 Å². The van der Waals surface area contributed by atoms with E-state index in [1.165, 1.54) is 6.20 Å². The number of carbonyl (C=O) groups excluding carboxylic acids is 2. The zero-order chi connectivity index (χ0) is 31.9. The zero-order valence-electron chi connectivity index (χ0n) is 26.3. The number of rotatable bonds is 7. The summed E-state index contributed by atoms with van der Waals surface area (Å²) in [6.45, 7) is 15.6. The molecule has 10 nitrogen and oxygen atoms in total. The lowest BCUT2D eigenvalue weighted by atomic mass is 9.70. The molecule has 236 valence electrons. The number of carbonyl (C=O) groups is 2. The van der Waals surface area contributed by atoms with Crippen LogP contribution in [-0.4, -0.2) is 61.2 Å². The number of ether oxygens (including phenoxy) is 1. The summed E-state index contributed by atoms with van der Waals surface area (Å²) in [5.41, 5.74) is -3.16. The highest BCUT2D eigenvalue weighted by molar-refractivity contribution is 7.89. The highest BCUT2D eigenvalue weighted by Crippen LogP contribution is 2.64. The van der Waals surface area contributed by atoms with E-state index in [0.717, 1.165) is 12.5 Å². The van der Waals surface area contributed by atoms with Crippen LogP contribution in [0.2, 0.25) is 0 Å². The van der Waals surface area contributed by atoms with Crippen molar-refractivity contribution in [1.29, 1.82) is 0 Å². The number of sulfonamides is 1. The molecule has 1 N–H and O–H groups in total. The Morgan fingerprint density at radius 1 is 1.21 bits per heavy atom. The molecule has 0 spiro atoms. The Morgan fingerprint density at radius 3 is 2.44 bits per heavy atom. The van der Waals surface area contributed by atoms with E-state index in [1.807, 2.05) is 48.5 Å². The van der Waals surface area contributed by atoms with Gasteiger partial charge in [-0.25, -0.2) is 27.3 Å². The molecule has 0 aromatic carbocycles. The predicted molar refractivity (Wildman–Crippen MR) is 162 cm³/mol. The van der Waals surface area contributed by atoms with Gasteiger partial charge in [-0.15, -0.1) is 0 Å². The fourth-order valence-electron chi connectivity index (χ4n) is 7.49. The average molecular weight is 619 g/mol. The number of hydrogen-bond donors (Lipinski definition) is 1. The normalized spacial score (nSPS) is 26.4. The molecular formula is C31H43FN4O6S. The average Bonchev–Trinajstić information content (AvgIpc) is 3.36. The molecule has 2 saturated carbocycles. The summed E-state index contributed by atoms with van der Waals surface area (Å²) in [5, 5.41) is -0.0459. The molecule has 0 unspecified atom stereocenters. The lowest BCUT2D eigenvalue weighted by molar-refractivity contribution is -0.128. The first-order valence-corrected chi connectivity index (χ1v) is 16.6. The van der Waals surface area contributed by atoms with Gasteiger partial charge in [0.05, 0.1) is 17.7 Å². The van der Waals surface area contributed by atoms with Crippen molar-refractivity contribution in [3.8, 4) is 0 Å². The van der Waals surface area contributed by atoms with Crippen molar-refractivity contribution in [1.82, 2.24) is 14.3 Å². The number of anilines is 1. The monoisotopic (exact) mass is 618 g/mol. The molecule has 2 aromatic rings. The first-order chi connectivity index (χ1) is 19.7. The first-order valence-electron chi connectivity index (χ1n) is 15.0. The third-order valence-electron chi connectivity index (χ3n) is 10.3. The van der Waals surface area contributed by atoms with Crippen molar-refractivity contribution in [3.05, 3.63) is 33.9 Å². The van der Waals surface area contributed by atoms with Gasteiger partial charge in [0.1, 0.15) is 17.0 Å². The minimum atomic E-state index is -3.87. The maximum atomic E-state index is 15.7. The van der Waals surface area contributed by atoms with Crippen molar-refractivity contribution >= 4 is 38.6 Å². The maximum absolute atomic E-state index is 15.7. The third-order valence-corrected chi connectivity index (χ3v) is 11.8. The topological polar surface area (TPSA) is 128 Å². The molecule has 0 radical (unpaired) electrons. The van der Waals surface area contributed by atoms with Crippen molar-refractivity contribution in [3.63, 3.8) is 0 Å². The number of halogens is 1. The number of hydrogen-bond acceptors (Lipinski definition) is 8. The van der Waals surface area contributed by atoms with E-state index >= 15 is 4.39 Å². The lowest BCUT2D eigenvalue weighted by Gasteiger charge is -2.37. The smallest absolute Gasteiger partial charge is 0.343 e. The third kappa shape index (κ3) is 5.08. The molecule has 3 fully saturated rings. The molecule has 3 heterocycles. The van der Waals surface area contributed by atoms with Crippen LogP contribution in [0.25, 0.3) is 11.0 Å². The van der Waals surface area contributed by atoms with Gasteiger partial charge in [0.25, 0.3) is 0 Å². The van der Waals surface area contributed by atoms with E-state index in [9.17, 15) is 22.8 Å². The molecule has 2 bridgehead atoms. The number of nitrogens with one attached hydrogen (secondary N) is 1. The van der Waals surface area contributed by atoms with Crippen LogP contribution in [0.4, 0.5) is 10.2 Å². The summed E-state index contributed by atoms with van der Waals surface area (Å²) in [7, 11) is -3.87. The van der Waals surface area contributed by atoms with Gasteiger partial charge in [0.2, 0.25) is 15.5 Å². The molecule has 1 saturated heterocycles. The fraction of sp³-hybridized carbons (Fsp3) is 0.677. The molecule has 12 heteroatoms. The minimum absolute atomic E-state index is 0.00658. The van der Waals surface area contributed by atoms with E-state index in [0.29, 0.717) is 19.4 Å². The molecule has 43 heavy (non-hydrogen) atoms. The van der Waals surface area contributed by atoms with Crippen molar-refractivity contribution in [2.75, 3.05) is 30.3 Å². The second kappa shape index (κ2) is 10.1. The largest absolute Gasteiger partial charge is 0.462 e. The highest BCUT2D eigenvalue weighted by Gasteiger charge is 2.65. The predicted octanol–water partition coefficient (Wildman–Crippen LogP) is 4.00. The van der Waals surface area contributed by atoms with Crippen LogP contribution in [0.3, 0.4) is 0 Å². The number of esters is 1. The Kier molecular flexibility index (Phi) is 7.40. The van der Waals surface area contributed by atoms with Crippen molar-refractivity contribution in [2.45, 2.75) is 86.2 Å². The molecule has 5 rings (SSSR count). The van der Waals surface area contributed by atoms with Gasteiger partial charge in [-0.3, -0.25) is 9.59 Å². The number of pyridine rings is 2. The standard InChI is InChI=1S/C31H43FN4O6S/c1-9-42-27(39)20-14-36(28(2,3)4)25-19(24(20)38)13-21(32)26(33-25)35-15-22(29(5,6)16-35)34-43(40,41)17-31-11-10-18(12-23(31)37)30(31,7)8/h13-14,18,22,34H,9-12,15-17H2,1-8H3/t18-,22-,31-/m0/s1. The van der Waals surface area contributed by atoms with Crippen LogP contribution < -0.4 is 15.1 Å². The summed E-state index contributed by atoms with van der Waals surface area (Å²) < 4.78 is 52.5. The van der Waals surface area contributed by atoms with Crippen LogP contribution in [0.5, 0.6) is 0 Å². The quantitative estimate of drug-likeness (QED) is 0.462. The number of fused-ring (bicyclic) bond motifs is 3. The van der Waals surface area contributed by atoms with Crippen molar-refractivity contribution in [2.24, 2.45) is 22.2 Å². The Labute approximate surface area is 252 Å². The van der Waals surface area contributed by atoms with Gasteiger partial charge in [0, 0.05) is 48.1 Å². The van der Waals surface area contributed by atoms with E-state index in [-0.39, 0.29) is 58.4 Å². The van der Waals surface area contributed by atoms with Gasteiger partial charge in [0.15, 0.2) is 11.6 Å². The Morgan fingerprint density at radius 2 is 1.88 bits per heavy atom. The molecule has 3 atom stereocenters.